The number of ether oxygens (including phenoxy) is 2. The van der Waals surface area contributed by atoms with E-state index in [9.17, 15) is 19.5 Å². The van der Waals surface area contributed by atoms with Gasteiger partial charge in [-0.15, -0.1) is 0 Å². The maximum absolute atomic E-state index is 12.6. The van der Waals surface area contributed by atoms with Crippen molar-refractivity contribution < 1.29 is 34.1 Å². The smallest absolute Gasteiger partial charge is 0.407 e. The second-order valence-corrected chi connectivity index (χ2v) is 8.52. The van der Waals surface area contributed by atoms with E-state index in [1.54, 1.807) is 6.92 Å². The standard InChI is InChI=1S/C24H26N2O7/c1-24(22(30)25-10-19(27)21(28)29)13-32-12-20(24)26-23(31)33-11-18-16-8-4-2-6-14(16)15-7-3-5-9-17(15)18/h2-9,18-20,27H,10-13H2,1H3,(H,25,30)(H,26,31)(H,28,29)/t19-,20?,24?/m0/s1. The molecule has 4 rings (SSSR count). The Morgan fingerprint density at radius 1 is 1.12 bits per heavy atom. The van der Waals surface area contributed by atoms with Crippen molar-refractivity contribution in [2.45, 2.75) is 25.0 Å². The van der Waals surface area contributed by atoms with Gasteiger partial charge in [0.25, 0.3) is 0 Å². The average molecular weight is 454 g/mol. The fourth-order valence-corrected chi connectivity index (χ4v) is 4.36. The number of amides is 2. The highest BCUT2D eigenvalue weighted by Crippen LogP contribution is 2.44. The van der Waals surface area contributed by atoms with E-state index < -0.39 is 42.1 Å². The lowest BCUT2D eigenvalue weighted by Gasteiger charge is -2.29. The molecule has 0 bridgehead atoms. The Morgan fingerprint density at radius 2 is 1.73 bits per heavy atom. The number of hydrogen-bond donors (Lipinski definition) is 4. The molecule has 2 unspecified atom stereocenters. The first-order valence-corrected chi connectivity index (χ1v) is 10.7. The average Bonchev–Trinajstić information content (AvgIpc) is 3.34. The Labute approximate surface area is 190 Å². The molecular formula is C24H26N2O7. The largest absolute Gasteiger partial charge is 0.479 e. The molecule has 1 aliphatic heterocycles. The van der Waals surface area contributed by atoms with Crippen LogP contribution in [-0.2, 0) is 19.1 Å². The Balaban J connectivity index is 1.38. The minimum absolute atomic E-state index is 0.0380. The molecule has 9 nitrogen and oxygen atoms in total. The van der Waals surface area contributed by atoms with E-state index in [1.165, 1.54) is 0 Å². The molecule has 0 spiro atoms. The summed E-state index contributed by atoms with van der Waals surface area (Å²) in [5.41, 5.74) is 3.30. The lowest BCUT2D eigenvalue weighted by Crippen LogP contribution is -2.54. The van der Waals surface area contributed by atoms with Crippen LogP contribution in [0.5, 0.6) is 0 Å². The highest BCUT2D eigenvalue weighted by Gasteiger charge is 2.47. The van der Waals surface area contributed by atoms with Gasteiger partial charge < -0.3 is 30.3 Å². The number of benzene rings is 2. The van der Waals surface area contributed by atoms with Gasteiger partial charge in [-0.1, -0.05) is 48.5 Å². The van der Waals surface area contributed by atoms with Gasteiger partial charge >= 0.3 is 12.1 Å². The molecule has 0 radical (unpaired) electrons. The van der Waals surface area contributed by atoms with Gasteiger partial charge in [-0.05, 0) is 29.2 Å². The molecule has 2 aromatic rings. The summed E-state index contributed by atoms with van der Waals surface area (Å²) in [5.74, 6) is -2.05. The second-order valence-electron chi connectivity index (χ2n) is 8.52. The topological polar surface area (TPSA) is 134 Å². The molecule has 2 aromatic carbocycles. The monoisotopic (exact) mass is 454 g/mol. The van der Waals surface area contributed by atoms with E-state index in [0.29, 0.717) is 0 Å². The molecule has 1 aliphatic carbocycles. The van der Waals surface area contributed by atoms with Crippen molar-refractivity contribution in [3.8, 4) is 11.1 Å². The van der Waals surface area contributed by atoms with Gasteiger partial charge in [0.05, 0.1) is 31.2 Å². The van der Waals surface area contributed by atoms with Gasteiger partial charge in [0, 0.05) is 5.92 Å². The minimum Gasteiger partial charge on any atom is -0.479 e. The fraction of sp³-hybridized carbons (Fsp3) is 0.375. The zero-order valence-corrected chi connectivity index (χ0v) is 18.1. The van der Waals surface area contributed by atoms with Gasteiger partial charge in [-0.2, -0.15) is 0 Å². The lowest BCUT2D eigenvalue weighted by molar-refractivity contribution is -0.146. The van der Waals surface area contributed by atoms with Crippen LogP contribution in [-0.4, -0.2) is 66.7 Å². The van der Waals surface area contributed by atoms with Crippen molar-refractivity contribution >= 4 is 18.0 Å². The second kappa shape index (κ2) is 9.21. The van der Waals surface area contributed by atoms with E-state index in [1.807, 2.05) is 36.4 Å². The number of nitrogens with one attached hydrogen (secondary N) is 2. The van der Waals surface area contributed by atoms with Crippen LogP contribution in [0.15, 0.2) is 48.5 Å². The first-order valence-electron chi connectivity index (χ1n) is 10.7. The van der Waals surface area contributed by atoms with E-state index in [0.717, 1.165) is 22.3 Å². The Morgan fingerprint density at radius 3 is 2.33 bits per heavy atom. The summed E-state index contributed by atoms with van der Waals surface area (Å²) in [6.07, 6.45) is -2.38. The molecule has 0 saturated carbocycles. The fourth-order valence-electron chi connectivity index (χ4n) is 4.36. The lowest BCUT2D eigenvalue weighted by atomic mass is 9.84. The number of carboxylic acids is 1. The molecule has 174 valence electrons. The zero-order chi connectivity index (χ0) is 23.6. The molecule has 9 heteroatoms. The number of aliphatic hydroxyl groups is 1. The third kappa shape index (κ3) is 4.42. The first-order chi connectivity index (χ1) is 15.8. The van der Waals surface area contributed by atoms with E-state index >= 15 is 0 Å². The number of carboxylic acid groups (broad SMARTS) is 1. The van der Waals surface area contributed by atoms with Gasteiger partial charge in [0.1, 0.15) is 6.61 Å². The first kappa shape index (κ1) is 22.8. The van der Waals surface area contributed by atoms with Crippen molar-refractivity contribution in [3.63, 3.8) is 0 Å². The minimum atomic E-state index is -1.71. The van der Waals surface area contributed by atoms with Crippen molar-refractivity contribution in [1.29, 1.82) is 0 Å². The third-order valence-electron chi connectivity index (χ3n) is 6.35. The highest BCUT2D eigenvalue weighted by molar-refractivity contribution is 5.85. The van der Waals surface area contributed by atoms with Gasteiger partial charge in [0.2, 0.25) is 5.91 Å². The Kier molecular flexibility index (Phi) is 6.35. The number of aliphatic hydroxyl groups excluding tert-OH is 1. The van der Waals surface area contributed by atoms with Gasteiger partial charge in [-0.25, -0.2) is 9.59 Å². The SMILES string of the molecule is CC1(C(=O)NC[C@H](O)C(=O)O)COCC1NC(=O)OCC1c2ccccc2-c2ccccc21. The van der Waals surface area contributed by atoms with Crippen LogP contribution in [0.2, 0.25) is 0 Å². The number of fused-ring (bicyclic) bond motifs is 3. The molecule has 2 amide bonds. The molecule has 1 saturated heterocycles. The summed E-state index contributed by atoms with van der Waals surface area (Å²) in [6, 6.07) is 15.4. The predicted molar refractivity (Wildman–Crippen MR) is 118 cm³/mol. The molecule has 33 heavy (non-hydrogen) atoms. The number of carbonyl (C=O) groups excluding carboxylic acids is 2. The molecule has 0 aromatic heterocycles. The number of carbonyl (C=O) groups is 3. The predicted octanol–water partition coefficient (Wildman–Crippen LogP) is 1.49. The van der Waals surface area contributed by atoms with Crippen molar-refractivity contribution in [2.75, 3.05) is 26.4 Å². The molecule has 3 atom stereocenters. The van der Waals surface area contributed by atoms with E-state index in [2.05, 4.69) is 22.8 Å². The van der Waals surface area contributed by atoms with E-state index in [-0.39, 0.29) is 25.7 Å². The summed E-state index contributed by atoms with van der Waals surface area (Å²) < 4.78 is 11.0. The normalized spacial score (nSPS) is 22.2. The maximum Gasteiger partial charge on any atom is 0.407 e. The highest BCUT2D eigenvalue weighted by atomic mass is 16.5. The summed E-state index contributed by atoms with van der Waals surface area (Å²) in [7, 11) is 0. The number of hydrogen-bond acceptors (Lipinski definition) is 6. The molecule has 4 N–H and O–H groups in total. The van der Waals surface area contributed by atoms with Crippen molar-refractivity contribution in [3.05, 3.63) is 59.7 Å². The Hall–Kier alpha value is -3.43. The van der Waals surface area contributed by atoms with Crippen LogP contribution < -0.4 is 10.6 Å². The van der Waals surface area contributed by atoms with Crippen molar-refractivity contribution in [1.82, 2.24) is 10.6 Å². The summed E-state index contributed by atoms with van der Waals surface area (Å²) in [4.78, 5) is 36.0. The third-order valence-corrected chi connectivity index (χ3v) is 6.35. The summed E-state index contributed by atoms with van der Waals surface area (Å²) in [6.45, 7) is 1.45. The van der Waals surface area contributed by atoms with Crippen LogP contribution in [0.4, 0.5) is 4.79 Å². The molecule has 1 heterocycles. The van der Waals surface area contributed by atoms with Gasteiger partial charge in [0.15, 0.2) is 6.10 Å². The molecule has 1 fully saturated rings. The van der Waals surface area contributed by atoms with Crippen LogP contribution in [0, 0.1) is 5.41 Å². The Bertz CT molecular complexity index is 1030. The molecule has 2 aliphatic rings. The van der Waals surface area contributed by atoms with Crippen LogP contribution >= 0.6 is 0 Å². The number of rotatable bonds is 7. The summed E-state index contributed by atoms with van der Waals surface area (Å²) >= 11 is 0. The van der Waals surface area contributed by atoms with E-state index in [4.69, 9.17) is 14.6 Å². The van der Waals surface area contributed by atoms with Crippen LogP contribution in [0.25, 0.3) is 11.1 Å². The summed E-state index contributed by atoms with van der Waals surface area (Å²) in [5, 5.41) is 23.3. The number of alkyl carbamates (subject to hydrolysis) is 1. The zero-order valence-electron chi connectivity index (χ0n) is 18.1. The number of aliphatic carboxylic acids is 1. The maximum atomic E-state index is 12.6. The quantitative estimate of drug-likeness (QED) is 0.498. The van der Waals surface area contributed by atoms with Crippen molar-refractivity contribution in [2.24, 2.45) is 5.41 Å². The van der Waals surface area contributed by atoms with Gasteiger partial charge in [-0.3, -0.25) is 4.79 Å². The van der Waals surface area contributed by atoms with Crippen LogP contribution in [0.3, 0.4) is 0 Å². The molecular weight excluding hydrogens is 428 g/mol. The van der Waals surface area contributed by atoms with Crippen LogP contribution in [0.1, 0.15) is 24.0 Å².